The van der Waals surface area contributed by atoms with Crippen molar-refractivity contribution in [2.75, 3.05) is 41.7 Å². The van der Waals surface area contributed by atoms with Crippen LogP contribution in [0.15, 0.2) is 54.7 Å². The lowest BCUT2D eigenvalue weighted by Gasteiger charge is -2.27. The highest BCUT2D eigenvalue weighted by atomic mass is 35.5. The van der Waals surface area contributed by atoms with Crippen molar-refractivity contribution in [3.8, 4) is 0 Å². The molecule has 0 amide bonds. The van der Waals surface area contributed by atoms with E-state index in [1.165, 1.54) is 6.07 Å². The van der Waals surface area contributed by atoms with Crippen molar-refractivity contribution in [2.24, 2.45) is 0 Å². The third kappa shape index (κ3) is 5.03. The summed E-state index contributed by atoms with van der Waals surface area (Å²) in [7, 11) is 0. The molecule has 2 aromatic heterocycles. The van der Waals surface area contributed by atoms with Crippen LogP contribution >= 0.6 is 11.6 Å². The third-order valence-electron chi connectivity index (χ3n) is 5.73. The predicted molar refractivity (Wildman–Crippen MR) is 136 cm³/mol. The van der Waals surface area contributed by atoms with E-state index in [1.807, 2.05) is 37.3 Å². The van der Waals surface area contributed by atoms with E-state index in [2.05, 4.69) is 35.8 Å². The maximum atomic E-state index is 14.6. The van der Waals surface area contributed by atoms with Crippen LogP contribution in [0.2, 0.25) is 5.02 Å². The zero-order chi connectivity index (χ0) is 23.5. The molecule has 0 aliphatic carbocycles. The van der Waals surface area contributed by atoms with Crippen LogP contribution in [0.5, 0.6) is 0 Å². The Balaban J connectivity index is 1.34. The Morgan fingerprint density at radius 3 is 2.76 bits per heavy atom. The zero-order valence-corrected chi connectivity index (χ0v) is 19.5. The first-order valence-corrected chi connectivity index (χ1v) is 11.6. The number of benzene rings is 2. The molecule has 0 bridgehead atoms. The number of halogens is 2. The summed E-state index contributed by atoms with van der Waals surface area (Å²) >= 11 is 6.09. The molecule has 0 saturated carbocycles. The number of fused-ring (bicyclic) bond motifs is 1. The van der Waals surface area contributed by atoms with Gasteiger partial charge in [-0.3, -0.25) is 4.98 Å². The van der Waals surface area contributed by atoms with Crippen LogP contribution in [0.3, 0.4) is 0 Å². The number of nitrogens with zero attached hydrogens (tertiary/aromatic N) is 4. The lowest BCUT2D eigenvalue weighted by molar-refractivity contribution is 0.579. The molecule has 0 radical (unpaired) electrons. The molecule has 3 N–H and O–H groups in total. The second kappa shape index (κ2) is 9.79. The standard InChI is InChI=1S/C25H25ClFN7/c1-16-12-24(33-25(31-16)34-10-8-28-9-11-34)30-15-17-13-19(3-5-21(17)27)32-22-6-7-29-23-14-18(26)2-4-20(22)23/h2-7,12-14,28H,8-11,15H2,1H3,(H,29,32)(H,30,31,33). The number of pyridine rings is 1. The molecule has 1 fully saturated rings. The summed E-state index contributed by atoms with van der Waals surface area (Å²) in [5, 5.41) is 11.5. The highest BCUT2D eigenvalue weighted by molar-refractivity contribution is 6.31. The molecule has 0 atom stereocenters. The minimum absolute atomic E-state index is 0.280. The molecule has 5 rings (SSSR count). The molecule has 9 heteroatoms. The van der Waals surface area contributed by atoms with Crippen molar-refractivity contribution in [1.29, 1.82) is 0 Å². The number of piperazine rings is 1. The molecule has 1 saturated heterocycles. The fourth-order valence-electron chi connectivity index (χ4n) is 4.01. The first kappa shape index (κ1) is 22.3. The van der Waals surface area contributed by atoms with Gasteiger partial charge in [-0.25, -0.2) is 9.37 Å². The van der Waals surface area contributed by atoms with Gasteiger partial charge in [0.15, 0.2) is 0 Å². The van der Waals surface area contributed by atoms with Gasteiger partial charge in [-0.05, 0) is 49.4 Å². The van der Waals surface area contributed by atoms with Gasteiger partial charge in [-0.1, -0.05) is 11.6 Å². The zero-order valence-electron chi connectivity index (χ0n) is 18.8. The topological polar surface area (TPSA) is 78.0 Å². The van der Waals surface area contributed by atoms with Gasteiger partial charge in [0.25, 0.3) is 0 Å². The van der Waals surface area contributed by atoms with Crippen LogP contribution in [0, 0.1) is 12.7 Å². The molecule has 1 aliphatic heterocycles. The first-order valence-electron chi connectivity index (χ1n) is 11.2. The number of anilines is 4. The Morgan fingerprint density at radius 2 is 1.91 bits per heavy atom. The average molecular weight is 478 g/mol. The highest BCUT2D eigenvalue weighted by Gasteiger charge is 2.15. The Kier molecular flexibility index (Phi) is 6.42. The second-order valence-electron chi connectivity index (χ2n) is 8.24. The Labute approximate surface area is 202 Å². The van der Waals surface area contributed by atoms with Gasteiger partial charge < -0.3 is 20.9 Å². The number of rotatable bonds is 6. The van der Waals surface area contributed by atoms with Crippen molar-refractivity contribution < 1.29 is 4.39 Å². The van der Waals surface area contributed by atoms with Crippen molar-refractivity contribution >= 4 is 45.6 Å². The van der Waals surface area contributed by atoms with Crippen molar-refractivity contribution in [1.82, 2.24) is 20.3 Å². The average Bonchev–Trinajstić information content (AvgIpc) is 2.84. The first-order chi connectivity index (χ1) is 16.5. The van der Waals surface area contributed by atoms with E-state index in [4.69, 9.17) is 11.6 Å². The van der Waals surface area contributed by atoms with E-state index in [-0.39, 0.29) is 5.82 Å². The number of aryl methyl sites for hydroxylation is 1. The summed E-state index contributed by atoms with van der Waals surface area (Å²) in [6.45, 7) is 5.78. The minimum atomic E-state index is -0.280. The van der Waals surface area contributed by atoms with Crippen LogP contribution in [-0.2, 0) is 6.54 Å². The number of hydrogen-bond acceptors (Lipinski definition) is 7. The van der Waals surface area contributed by atoms with E-state index >= 15 is 0 Å². The van der Waals surface area contributed by atoms with Crippen molar-refractivity contribution in [3.05, 3.63) is 76.8 Å². The normalized spacial score (nSPS) is 13.8. The third-order valence-corrected chi connectivity index (χ3v) is 5.97. The van der Waals surface area contributed by atoms with Crippen LogP contribution in [0.25, 0.3) is 10.9 Å². The quantitative estimate of drug-likeness (QED) is 0.365. The maximum Gasteiger partial charge on any atom is 0.227 e. The Hall–Kier alpha value is -3.49. The number of hydrogen-bond donors (Lipinski definition) is 3. The fourth-order valence-corrected chi connectivity index (χ4v) is 4.18. The lowest BCUT2D eigenvalue weighted by atomic mass is 10.1. The van der Waals surface area contributed by atoms with Crippen LogP contribution < -0.4 is 20.9 Å². The molecule has 4 aromatic rings. The Morgan fingerprint density at radius 1 is 1.06 bits per heavy atom. The van der Waals surface area contributed by atoms with Gasteiger partial charge in [0, 0.05) is 78.0 Å². The van der Waals surface area contributed by atoms with E-state index in [0.29, 0.717) is 28.9 Å². The maximum absolute atomic E-state index is 14.6. The smallest absolute Gasteiger partial charge is 0.227 e. The van der Waals surface area contributed by atoms with Crippen molar-refractivity contribution in [2.45, 2.75) is 13.5 Å². The molecule has 174 valence electrons. The van der Waals surface area contributed by atoms with Gasteiger partial charge in [0.1, 0.15) is 11.6 Å². The van der Waals surface area contributed by atoms with E-state index < -0.39 is 0 Å². The van der Waals surface area contributed by atoms with Crippen molar-refractivity contribution in [3.63, 3.8) is 0 Å². The minimum Gasteiger partial charge on any atom is -0.366 e. The van der Waals surface area contributed by atoms with E-state index in [9.17, 15) is 4.39 Å². The number of nitrogens with one attached hydrogen (secondary N) is 3. The summed E-state index contributed by atoms with van der Waals surface area (Å²) in [5.74, 6) is 1.10. The van der Waals surface area contributed by atoms with Gasteiger partial charge in [0.2, 0.25) is 5.95 Å². The molecule has 2 aromatic carbocycles. The largest absolute Gasteiger partial charge is 0.366 e. The molecule has 7 nitrogen and oxygen atoms in total. The van der Waals surface area contributed by atoms with E-state index in [1.54, 1.807) is 18.3 Å². The van der Waals surface area contributed by atoms with Gasteiger partial charge in [0.05, 0.1) is 5.52 Å². The molecule has 0 unspecified atom stereocenters. The van der Waals surface area contributed by atoms with Gasteiger partial charge in [-0.15, -0.1) is 0 Å². The summed E-state index contributed by atoms with van der Waals surface area (Å²) in [6.07, 6.45) is 1.72. The molecule has 0 spiro atoms. The predicted octanol–water partition coefficient (Wildman–Crippen LogP) is 4.89. The molecule has 3 heterocycles. The summed E-state index contributed by atoms with van der Waals surface area (Å²) in [6, 6.07) is 14.3. The fraction of sp³-hybridized carbons (Fsp3) is 0.240. The monoisotopic (exact) mass is 477 g/mol. The van der Waals surface area contributed by atoms with Crippen LogP contribution in [0.1, 0.15) is 11.3 Å². The molecule has 1 aliphatic rings. The molecule has 34 heavy (non-hydrogen) atoms. The Bertz CT molecular complexity index is 1320. The summed E-state index contributed by atoms with van der Waals surface area (Å²) in [4.78, 5) is 15.8. The molecular formula is C25H25ClFN7. The SMILES string of the molecule is Cc1cc(NCc2cc(Nc3ccnc4cc(Cl)ccc34)ccc2F)nc(N2CCNCC2)n1. The van der Waals surface area contributed by atoms with E-state index in [0.717, 1.165) is 54.2 Å². The number of aromatic nitrogens is 3. The van der Waals surface area contributed by atoms with Crippen LogP contribution in [0.4, 0.5) is 27.5 Å². The van der Waals surface area contributed by atoms with Crippen LogP contribution in [-0.4, -0.2) is 41.1 Å². The second-order valence-corrected chi connectivity index (χ2v) is 8.67. The van der Waals surface area contributed by atoms with Gasteiger partial charge >= 0.3 is 0 Å². The molecular weight excluding hydrogens is 453 g/mol. The summed E-state index contributed by atoms with van der Waals surface area (Å²) in [5.41, 5.74) is 3.85. The van der Waals surface area contributed by atoms with Gasteiger partial charge in [-0.2, -0.15) is 4.98 Å². The highest BCUT2D eigenvalue weighted by Crippen LogP contribution is 2.28. The lowest BCUT2D eigenvalue weighted by Crippen LogP contribution is -2.44. The summed E-state index contributed by atoms with van der Waals surface area (Å²) < 4.78 is 14.6.